The highest BCUT2D eigenvalue weighted by molar-refractivity contribution is 5.25. The zero-order valence-electron chi connectivity index (χ0n) is 7.07. The highest BCUT2D eigenvalue weighted by atomic mass is 16.3. The van der Waals surface area contributed by atoms with Crippen LogP contribution in [0.1, 0.15) is 33.6 Å². The molecule has 1 rings (SSSR count). The molecule has 0 aromatic carbocycles. The summed E-state index contributed by atoms with van der Waals surface area (Å²) in [6.45, 7) is 6.78. The van der Waals surface area contributed by atoms with E-state index >= 15 is 0 Å². The van der Waals surface area contributed by atoms with Gasteiger partial charge in [0.15, 0.2) is 0 Å². The summed E-state index contributed by atoms with van der Waals surface area (Å²) in [6.07, 6.45) is 2.37. The van der Waals surface area contributed by atoms with Crippen LogP contribution < -0.4 is 0 Å². The van der Waals surface area contributed by atoms with Crippen LogP contribution in [0.5, 0.6) is 0 Å². The molecule has 1 nitrogen and oxygen atoms in total. The molecule has 0 bridgehead atoms. The largest absolute Gasteiger partial charge is 0.392 e. The highest BCUT2D eigenvalue weighted by Crippen LogP contribution is 2.41. The first-order valence-electron chi connectivity index (χ1n) is 3.88. The Kier molecular flexibility index (Phi) is 1.86. The third kappa shape index (κ3) is 1.10. The molecule has 0 atom stereocenters. The Bertz CT molecular complexity index is 166. The summed E-state index contributed by atoms with van der Waals surface area (Å²) in [5, 5.41) is 9.01. The fourth-order valence-corrected chi connectivity index (χ4v) is 1.73. The maximum atomic E-state index is 9.01. The second-order valence-corrected chi connectivity index (χ2v) is 3.80. The van der Waals surface area contributed by atoms with E-state index in [1.807, 2.05) is 0 Å². The lowest BCUT2D eigenvalue weighted by atomic mass is 9.86. The zero-order chi connectivity index (χ0) is 7.78. The van der Waals surface area contributed by atoms with Gasteiger partial charge in [0, 0.05) is 0 Å². The first kappa shape index (κ1) is 7.80. The van der Waals surface area contributed by atoms with E-state index in [1.165, 1.54) is 24.0 Å². The average Bonchev–Trinajstić information content (AvgIpc) is 2.07. The molecular weight excluding hydrogens is 124 g/mol. The molecule has 0 saturated carbocycles. The summed E-state index contributed by atoms with van der Waals surface area (Å²) in [7, 11) is 0. The van der Waals surface area contributed by atoms with Crippen molar-refractivity contribution in [3.05, 3.63) is 11.1 Å². The smallest absolute Gasteiger partial charge is 0.0649 e. The van der Waals surface area contributed by atoms with Gasteiger partial charge < -0.3 is 5.11 Å². The summed E-state index contributed by atoms with van der Waals surface area (Å²) in [6, 6.07) is 0. The molecule has 0 amide bonds. The van der Waals surface area contributed by atoms with Gasteiger partial charge in [0.2, 0.25) is 0 Å². The molecule has 0 saturated heterocycles. The van der Waals surface area contributed by atoms with Gasteiger partial charge >= 0.3 is 0 Å². The monoisotopic (exact) mass is 140 g/mol. The van der Waals surface area contributed by atoms with Crippen LogP contribution in [-0.2, 0) is 0 Å². The zero-order valence-corrected chi connectivity index (χ0v) is 7.07. The van der Waals surface area contributed by atoms with Gasteiger partial charge in [-0.3, -0.25) is 0 Å². The van der Waals surface area contributed by atoms with Crippen LogP contribution in [0.25, 0.3) is 0 Å². The van der Waals surface area contributed by atoms with Crippen LogP contribution in [0.15, 0.2) is 11.1 Å². The fraction of sp³-hybridized carbons (Fsp3) is 0.778. The number of rotatable bonds is 1. The standard InChI is InChI=1S/C9H16O/c1-7-4-5-9(2,3)8(7)6-10/h10H,4-6H2,1-3H3. The third-order valence-corrected chi connectivity index (χ3v) is 2.62. The lowest BCUT2D eigenvalue weighted by Crippen LogP contribution is -2.12. The molecule has 0 aromatic rings. The molecule has 10 heavy (non-hydrogen) atoms. The van der Waals surface area contributed by atoms with Gasteiger partial charge in [0.05, 0.1) is 6.61 Å². The molecule has 0 aliphatic heterocycles. The minimum Gasteiger partial charge on any atom is -0.392 e. The molecule has 0 heterocycles. The van der Waals surface area contributed by atoms with E-state index in [2.05, 4.69) is 20.8 Å². The van der Waals surface area contributed by atoms with Crippen molar-refractivity contribution in [1.82, 2.24) is 0 Å². The number of aliphatic hydroxyl groups excluding tert-OH is 1. The summed E-state index contributed by atoms with van der Waals surface area (Å²) >= 11 is 0. The van der Waals surface area contributed by atoms with E-state index in [1.54, 1.807) is 0 Å². The molecule has 1 aliphatic rings. The second-order valence-electron chi connectivity index (χ2n) is 3.80. The van der Waals surface area contributed by atoms with Crippen LogP contribution >= 0.6 is 0 Å². The number of aliphatic hydroxyl groups is 1. The molecule has 1 heteroatoms. The Balaban J connectivity index is 2.87. The van der Waals surface area contributed by atoms with Crippen molar-refractivity contribution >= 4 is 0 Å². The molecule has 0 fully saturated rings. The Labute approximate surface area is 62.8 Å². The van der Waals surface area contributed by atoms with Crippen LogP contribution in [0.2, 0.25) is 0 Å². The quantitative estimate of drug-likeness (QED) is 0.553. The van der Waals surface area contributed by atoms with Crippen molar-refractivity contribution in [1.29, 1.82) is 0 Å². The van der Waals surface area contributed by atoms with Gasteiger partial charge in [0.1, 0.15) is 0 Å². The van der Waals surface area contributed by atoms with Gasteiger partial charge in [0.25, 0.3) is 0 Å². The predicted octanol–water partition coefficient (Wildman–Crippen LogP) is 2.12. The molecule has 0 aromatic heterocycles. The maximum Gasteiger partial charge on any atom is 0.0649 e. The van der Waals surface area contributed by atoms with E-state index < -0.39 is 0 Å². The molecule has 0 unspecified atom stereocenters. The Morgan fingerprint density at radius 2 is 2.10 bits per heavy atom. The topological polar surface area (TPSA) is 20.2 Å². The molecule has 0 spiro atoms. The van der Waals surface area contributed by atoms with E-state index in [4.69, 9.17) is 5.11 Å². The fourth-order valence-electron chi connectivity index (χ4n) is 1.73. The first-order chi connectivity index (χ1) is 4.58. The summed E-state index contributed by atoms with van der Waals surface area (Å²) in [4.78, 5) is 0. The Morgan fingerprint density at radius 1 is 1.50 bits per heavy atom. The van der Waals surface area contributed by atoms with Crippen molar-refractivity contribution in [2.75, 3.05) is 6.61 Å². The van der Waals surface area contributed by atoms with Crippen LogP contribution in [0, 0.1) is 5.41 Å². The SMILES string of the molecule is CC1=C(CO)C(C)(C)CC1. The van der Waals surface area contributed by atoms with E-state index in [-0.39, 0.29) is 12.0 Å². The van der Waals surface area contributed by atoms with Gasteiger partial charge in [-0.1, -0.05) is 19.4 Å². The summed E-state index contributed by atoms with van der Waals surface area (Å²) in [5.41, 5.74) is 2.92. The van der Waals surface area contributed by atoms with Crippen LogP contribution in [0.4, 0.5) is 0 Å². The molecule has 1 aliphatic carbocycles. The van der Waals surface area contributed by atoms with Gasteiger partial charge in [-0.05, 0) is 30.8 Å². The first-order valence-corrected chi connectivity index (χ1v) is 3.88. The second kappa shape index (κ2) is 2.39. The predicted molar refractivity (Wildman–Crippen MR) is 42.8 cm³/mol. The summed E-state index contributed by atoms with van der Waals surface area (Å²) in [5.74, 6) is 0. The number of hydrogen-bond donors (Lipinski definition) is 1. The van der Waals surface area contributed by atoms with Crippen molar-refractivity contribution in [2.24, 2.45) is 5.41 Å². The van der Waals surface area contributed by atoms with Crippen molar-refractivity contribution in [2.45, 2.75) is 33.6 Å². The average molecular weight is 140 g/mol. The van der Waals surface area contributed by atoms with E-state index in [0.29, 0.717) is 0 Å². The molecule has 58 valence electrons. The van der Waals surface area contributed by atoms with E-state index in [0.717, 1.165) is 0 Å². The maximum absolute atomic E-state index is 9.01. The van der Waals surface area contributed by atoms with Crippen molar-refractivity contribution in [3.8, 4) is 0 Å². The van der Waals surface area contributed by atoms with Gasteiger partial charge in [-0.15, -0.1) is 0 Å². The molecular formula is C9H16O. The number of hydrogen-bond acceptors (Lipinski definition) is 1. The highest BCUT2D eigenvalue weighted by Gasteiger charge is 2.29. The third-order valence-electron chi connectivity index (χ3n) is 2.62. The van der Waals surface area contributed by atoms with Gasteiger partial charge in [-0.2, -0.15) is 0 Å². The molecule has 1 N–H and O–H groups in total. The number of allylic oxidation sites excluding steroid dienone is 1. The normalized spacial score (nSPS) is 24.0. The van der Waals surface area contributed by atoms with Crippen LogP contribution in [0.3, 0.4) is 0 Å². The summed E-state index contributed by atoms with van der Waals surface area (Å²) < 4.78 is 0. The Morgan fingerprint density at radius 3 is 2.30 bits per heavy atom. The lowest BCUT2D eigenvalue weighted by molar-refractivity contribution is 0.290. The van der Waals surface area contributed by atoms with Gasteiger partial charge in [-0.25, -0.2) is 0 Å². The van der Waals surface area contributed by atoms with E-state index in [9.17, 15) is 0 Å². The Hall–Kier alpha value is -0.300. The molecule has 0 radical (unpaired) electrons. The lowest BCUT2D eigenvalue weighted by Gasteiger charge is -2.20. The van der Waals surface area contributed by atoms with Crippen LogP contribution in [-0.4, -0.2) is 11.7 Å². The minimum absolute atomic E-state index is 0.249. The van der Waals surface area contributed by atoms with Crippen molar-refractivity contribution in [3.63, 3.8) is 0 Å². The minimum atomic E-state index is 0.249. The van der Waals surface area contributed by atoms with Crippen molar-refractivity contribution < 1.29 is 5.11 Å².